The van der Waals surface area contributed by atoms with Gasteiger partial charge in [0.1, 0.15) is 11.8 Å². The van der Waals surface area contributed by atoms with E-state index in [1.54, 1.807) is 11.0 Å². The van der Waals surface area contributed by atoms with Crippen molar-refractivity contribution in [2.45, 2.75) is 38.3 Å². The van der Waals surface area contributed by atoms with E-state index in [-0.39, 0.29) is 42.2 Å². The van der Waals surface area contributed by atoms with Crippen molar-refractivity contribution in [1.82, 2.24) is 15.1 Å². The van der Waals surface area contributed by atoms with Crippen molar-refractivity contribution in [3.8, 4) is 5.75 Å². The zero-order valence-electron chi connectivity index (χ0n) is 17.3. The fourth-order valence-electron chi connectivity index (χ4n) is 4.06. The number of carbonyl (C=O) groups is 5. The lowest BCUT2D eigenvalue weighted by atomic mass is 10.0. The molecule has 4 rings (SSSR count). The molecule has 1 atom stereocenters. The molecule has 1 unspecified atom stereocenters. The smallest absolute Gasteiger partial charge is 0.266 e. The van der Waals surface area contributed by atoms with E-state index in [1.807, 2.05) is 13.8 Å². The van der Waals surface area contributed by atoms with Gasteiger partial charge >= 0.3 is 0 Å². The van der Waals surface area contributed by atoms with Crippen LogP contribution in [0.25, 0.3) is 0 Å². The molecular weight excluding hydrogens is 406 g/mol. The van der Waals surface area contributed by atoms with Gasteiger partial charge in [0.05, 0.1) is 23.3 Å². The Balaban J connectivity index is 1.50. The van der Waals surface area contributed by atoms with Gasteiger partial charge in [-0.25, -0.2) is 0 Å². The second-order valence-corrected chi connectivity index (χ2v) is 8.34. The van der Waals surface area contributed by atoms with Gasteiger partial charge in [-0.2, -0.15) is 0 Å². The van der Waals surface area contributed by atoms with Crippen LogP contribution in [0, 0.1) is 0 Å². The van der Waals surface area contributed by atoms with Crippen LogP contribution in [-0.2, 0) is 19.1 Å². The molecule has 10 nitrogen and oxygen atoms in total. The minimum absolute atomic E-state index is 0.0207. The van der Waals surface area contributed by atoms with E-state index < -0.39 is 35.3 Å². The lowest BCUT2D eigenvalue weighted by molar-refractivity contribution is -0.147. The van der Waals surface area contributed by atoms with Gasteiger partial charge in [0, 0.05) is 19.5 Å². The first-order valence-electron chi connectivity index (χ1n) is 10.1. The molecule has 3 aliphatic heterocycles. The largest absolute Gasteiger partial charge is 0.483 e. The zero-order valence-corrected chi connectivity index (χ0v) is 17.3. The Morgan fingerprint density at radius 1 is 1.23 bits per heavy atom. The molecule has 3 heterocycles. The Morgan fingerprint density at radius 3 is 2.71 bits per heavy atom. The molecule has 3 aliphatic rings. The van der Waals surface area contributed by atoms with E-state index >= 15 is 0 Å². The highest BCUT2D eigenvalue weighted by Crippen LogP contribution is 2.33. The molecule has 1 aromatic rings. The van der Waals surface area contributed by atoms with Crippen molar-refractivity contribution in [1.29, 1.82) is 0 Å². The first kappa shape index (κ1) is 21.0. The van der Waals surface area contributed by atoms with E-state index in [0.29, 0.717) is 19.7 Å². The quantitative estimate of drug-likeness (QED) is 0.674. The lowest BCUT2D eigenvalue weighted by Gasteiger charge is -2.38. The van der Waals surface area contributed by atoms with Gasteiger partial charge < -0.3 is 14.4 Å². The number of ether oxygens (including phenoxy) is 2. The minimum Gasteiger partial charge on any atom is -0.483 e. The molecule has 0 aliphatic carbocycles. The van der Waals surface area contributed by atoms with Crippen molar-refractivity contribution >= 4 is 29.5 Å². The molecule has 1 aromatic carbocycles. The Kier molecular flexibility index (Phi) is 5.26. The topological polar surface area (TPSA) is 122 Å². The summed E-state index contributed by atoms with van der Waals surface area (Å²) >= 11 is 0. The van der Waals surface area contributed by atoms with Crippen LogP contribution in [0.5, 0.6) is 5.75 Å². The number of benzene rings is 1. The first-order chi connectivity index (χ1) is 14.7. The van der Waals surface area contributed by atoms with Crippen LogP contribution in [0.4, 0.5) is 0 Å². The molecule has 31 heavy (non-hydrogen) atoms. The number of hydrogen-bond donors (Lipinski definition) is 1. The predicted molar refractivity (Wildman–Crippen MR) is 105 cm³/mol. The van der Waals surface area contributed by atoms with Crippen LogP contribution in [0.3, 0.4) is 0 Å². The van der Waals surface area contributed by atoms with Crippen LogP contribution in [0.2, 0.25) is 0 Å². The Bertz CT molecular complexity index is 987. The van der Waals surface area contributed by atoms with Crippen molar-refractivity contribution < 1.29 is 33.4 Å². The third-order valence-corrected chi connectivity index (χ3v) is 5.56. The molecule has 2 fully saturated rings. The average Bonchev–Trinajstić information content (AvgIpc) is 2.97. The summed E-state index contributed by atoms with van der Waals surface area (Å²) in [6.07, 6.45) is 0.106. The Labute approximate surface area is 178 Å². The van der Waals surface area contributed by atoms with Gasteiger partial charge in [-0.05, 0) is 32.4 Å². The van der Waals surface area contributed by atoms with E-state index in [9.17, 15) is 24.0 Å². The van der Waals surface area contributed by atoms with Crippen LogP contribution >= 0.6 is 0 Å². The van der Waals surface area contributed by atoms with E-state index in [1.165, 1.54) is 12.1 Å². The maximum atomic E-state index is 13.0. The van der Waals surface area contributed by atoms with Gasteiger partial charge in [-0.15, -0.1) is 0 Å². The number of morpholine rings is 1. The third-order valence-electron chi connectivity index (χ3n) is 5.56. The van der Waals surface area contributed by atoms with Gasteiger partial charge in [0.25, 0.3) is 17.7 Å². The van der Waals surface area contributed by atoms with Crippen molar-refractivity contribution in [2.24, 2.45) is 0 Å². The summed E-state index contributed by atoms with van der Waals surface area (Å²) in [7, 11) is 0. The van der Waals surface area contributed by atoms with Crippen LogP contribution in [0.1, 0.15) is 47.4 Å². The molecule has 10 heteroatoms. The normalized spacial score (nSPS) is 23.0. The van der Waals surface area contributed by atoms with Crippen molar-refractivity contribution in [2.75, 3.05) is 26.3 Å². The Hall–Kier alpha value is -3.27. The second-order valence-electron chi connectivity index (χ2n) is 8.34. The molecule has 0 bridgehead atoms. The SMILES string of the molecule is CC1(C)CN(C(=O)COc2cccc3c2C(=O)N(C2CCC(=O)NC2=O)C3=O)CCO1. The van der Waals surface area contributed by atoms with E-state index in [0.717, 1.165) is 4.90 Å². The highest BCUT2D eigenvalue weighted by molar-refractivity contribution is 6.24. The van der Waals surface area contributed by atoms with Crippen molar-refractivity contribution in [3.63, 3.8) is 0 Å². The average molecular weight is 429 g/mol. The highest BCUT2D eigenvalue weighted by atomic mass is 16.5. The molecule has 164 valence electrons. The van der Waals surface area contributed by atoms with E-state index in [4.69, 9.17) is 9.47 Å². The Morgan fingerprint density at radius 2 is 2.00 bits per heavy atom. The van der Waals surface area contributed by atoms with Crippen molar-refractivity contribution in [3.05, 3.63) is 29.3 Å². The lowest BCUT2D eigenvalue weighted by Crippen LogP contribution is -2.54. The molecule has 1 N–H and O–H groups in total. The zero-order chi connectivity index (χ0) is 22.3. The number of piperidine rings is 1. The number of nitrogens with zero attached hydrogens (tertiary/aromatic N) is 2. The molecule has 0 saturated carbocycles. The number of rotatable bonds is 4. The van der Waals surface area contributed by atoms with Gasteiger partial charge in [-0.1, -0.05) is 6.07 Å². The third kappa shape index (κ3) is 3.90. The highest BCUT2D eigenvalue weighted by Gasteiger charge is 2.46. The number of nitrogens with one attached hydrogen (secondary N) is 1. The first-order valence-corrected chi connectivity index (χ1v) is 10.1. The van der Waals surface area contributed by atoms with Gasteiger partial charge in [0.2, 0.25) is 11.8 Å². The number of fused-ring (bicyclic) bond motifs is 1. The summed E-state index contributed by atoms with van der Waals surface area (Å²) in [6, 6.07) is 3.47. The molecule has 0 aromatic heterocycles. The van der Waals surface area contributed by atoms with E-state index in [2.05, 4.69) is 5.32 Å². The second kappa shape index (κ2) is 7.77. The van der Waals surface area contributed by atoms with Crippen LogP contribution < -0.4 is 10.1 Å². The maximum absolute atomic E-state index is 13.0. The molecule has 0 radical (unpaired) electrons. The number of carbonyl (C=O) groups excluding carboxylic acids is 5. The molecule has 0 spiro atoms. The molecular formula is C21H23N3O7. The molecule has 5 amide bonds. The monoisotopic (exact) mass is 429 g/mol. The number of amides is 5. The maximum Gasteiger partial charge on any atom is 0.266 e. The number of imide groups is 2. The predicted octanol–water partition coefficient (Wildman–Crippen LogP) is 0.104. The summed E-state index contributed by atoms with van der Waals surface area (Å²) in [4.78, 5) is 64.6. The standard InChI is InChI=1S/C21H23N3O7/c1-21(2)11-23(8-9-31-21)16(26)10-30-14-5-3-4-12-17(14)20(29)24(19(12)28)13-6-7-15(25)22-18(13)27/h3-5,13H,6-11H2,1-2H3,(H,22,25,27). The molecule has 2 saturated heterocycles. The summed E-state index contributed by atoms with van der Waals surface area (Å²) in [6.45, 7) is 4.78. The fraction of sp³-hybridized carbons (Fsp3) is 0.476. The fourth-order valence-corrected chi connectivity index (χ4v) is 4.06. The minimum atomic E-state index is -1.06. The summed E-state index contributed by atoms with van der Waals surface area (Å²) in [5.74, 6) is -2.57. The summed E-state index contributed by atoms with van der Waals surface area (Å²) in [5, 5.41) is 2.16. The van der Waals surface area contributed by atoms with Crippen LogP contribution in [0.15, 0.2) is 18.2 Å². The van der Waals surface area contributed by atoms with Gasteiger partial charge in [0.15, 0.2) is 6.61 Å². The van der Waals surface area contributed by atoms with Crippen LogP contribution in [-0.4, -0.2) is 77.3 Å². The van der Waals surface area contributed by atoms with Gasteiger partial charge in [-0.3, -0.25) is 34.2 Å². The summed E-state index contributed by atoms with van der Waals surface area (Å²) in [5.41, 5.74) is -0.327. The number of hydrogen-bond acceptors (Lipinski definition) is 7. The summed E-state index contributed by atoms with van der Waals surface area (Å²) < 4.78 is 11.2.